The van der Waals surface area contributed by atoms with Crippen molar-refractivity contribution in [2.45, 2.75) is 51.0 Å². The molecule has 0 radical (unpaired) electrons. The van der Waals surface area contributed by atoms with E-state index in [-0.39, 0.29) is 6.10 Å². The number of carbonyl (C=O) groups excluding carboxylic acids is 1. The maximum Gasteiger partial charge on any atom is 0.417 e. The molecule has 1 amide bonds. The van der Waals surface area contributed by atoms with Gasteiger partial charge in [-0.25, -0.2) is 14.7 Å². The van der Waals surface area contributed by atoms with Crippen LogP contribution in [0.2, 0.25) is 0 Å². The van der Waals surface area contributed by atoms with Gasteiger partial charge in [0.15, 0.2) is 12.0 Å². The molecule has 8 heteroatoms. The largest absolute Gasteiger partial charge is 0.481 e. The van der Waals surface area contributed by atoms with Crippen LogP contribution < -0.4 is 4.74 Å². The Morgan fingerprint density at radius 3 is 2.97 bits per heavy atom. The van der Waals surface area contributed by atoms with Crippen LogP contribution in [0.4, 0.5) is 4.79 Å². The number of fused-ring (bicyclic) bond motifs is 1. The molecule has 0 bridgehead atoms. The molecule has 4 heterocycles. The molecule has 0 saturated carbocycles. The van der Waals surface area contributed by atoms with Crippen molar-refractivity contribution in [3.8, 4) is 5.88 Å². The average molecular weight is 476 g/mol. The van der Waals surface area contributed by atoms with Gasteiger partial charge in [-0.3, -0.25) is 4.98 Å². The first-order chi connectivity index (χ1) is 17.2. The van der Waals surface area contributed by atoms with Crippen molar-refractivity contribution in [1.29, 1.82) is 0 Å². The van der Waals surface area contributed by atoms with Gasteiger partial charge in [0.25, 0.3) is 0 Å². The Kier molecular flexibility index (Phi) is 6.97. The second-order valence-corrected chi connectivity index (χ2v) is 8.74. The number of aromatic nitrogens is 2. The summed E-state index contributed by atoms with van der Waals surface area (Å²) in [6, 6.07) is 5.78. The fourth-order valence-corrected chi connectivity index (χ4v) is 4.47. The lowest BCUT2D eigenvalue weighted by atomic mass is 10.0. The minimum atomic E-state index is -0.396. The normalized spacial score (nSPS) is 19.5. The SMILES string of the molecule is COc1ccc2nccc(CCCCCC3CN(C4=COC=C(C5=CC=CCC5)O4)C(=O)O3)c2n1. The van der Waals surface area contributed by atoms with Crippen LogP contribution in [0.5, 0.6) is 5.88 Å². The Labute approximate surface area is 204 Å². The van der Waals surface area contributed by atoms with Crippen molar-refractivity contribution in [2.75, 3.05) is 13.7 Å². The number of ether oxygens (including phenoxy) is 4. The number of hydrogen-bond acceptors (Lipinski definition) is 7. The maximum absolute atomic E-state index is 12.5. The molecule has 1 aliphatic carbocycles. The molecule has 2 aliphatic heterocycles. The zero-order valence-corrected chi connectivity index (χ0v) is 19.8. The molecule has 3 aliphatic rings. The Balaban J connectivity index is 1.09. The van der Waals surface area contributed by atoms with Gasteiger partial charge in [0.05, 0.1) is 24.7 Å². The number of allylic oxidation sites excluding steroid dienone is 4. The van der Waals surface area contributed by atoms with Gasteiger partial charge in [-0.05, 0) is 61.8 Å². The number of unbranched alkanes of at least 4 members (excludes halogenated alkanes) is 2. The Morgan fingerprint density at radius 1 is 1.17 bits per heavy atom. The summed E-state index contributed by atoms with van der Waals surface area (Å²) in [6.07, 6.45) is 17.0. The van der Waals surface area contributed by atoms with Crippen LogP contribution in [-0.4, -0.2) is 40.7 Å². The summed E-state index contributed by atoms with van der Waals surface area (Å²) in [5.74, 6) is 1.61. The molecule has 0 aromatic carbocycles. The van der Waals surface area contributed by atoms with Crippen LogP contribution >= 0.6 is 0 Å². The van der Waals surface area contributed by atoms with Gasteiger partial charge in [-0.1, -0.05) is 24.6 Å². The van der Waals surface area contributed by atoms with E-state index in [9.17, 15) is 4.79 Å². The van der Waals surface area contributed by atoms with Crippen molar-refractivity contribution in [2.24, 2.45) is 0 Å². The van der Waals surface area contributed by atoms with E-state index in [0.29, 0.717) is 24.1 Å². The fourth-order valence-electron chi connectivity index (χ4n) is 4.47. The number of cyclic esters (lactones) is 1. The molecule has 35 heavy (non-hydrogen) atoms. The number of aryl methyl sites for hydroxylation is 1. The van der Waals surface area contributed by atoms with Crippen LogP contribution in [0.15, 0.2) is 72.4 Å². The van der Waals surface area contributed by atoms with E-state index in [1.165, 1.54) is 16.7 Å². The molecule has 1 unspecified atom stereocenters. The van der Waals surface area contributed by atoms with Gasteiger partial charge in [0.2, 0.25) is 11.8 Å². The highest BCUT2D eigenvalue weighted by Crippen LogP contribution is 2.30. The first kappa shape index (κ1) is 23.0. The van der Waals surface area contributed by atoms with E-state index in [1.54, 1.807) is 13.4 Å². The van der Waals surface area contributed by atoms with Crippen molar-refractivity contribution in [1.82, 2.24) is 14.9 Å². The Hall–Kier alpha value is -3.81. The van der Waals surface area contributed by atoms with E-state index in [1.807, 2.05) is 36.5 Å². The predicted octanol–water partition coefficient (Wildman–Crippen LogP) is 5.53. The highest BCUT2D eigenvalue weighted by molar-refractivity contribution is 5.78. The monoisotopic (exact) mass is 475 g/mol. The van der Waals surface area contributed by atoms with E-state index in [4.69, 9.17) is 18.9 Å². The lowest BCUT2D eigenvalue weighted by molar-refractivity contribution is 0.116. The van der Waals surface area contributed by atoms with Crippen molar-refractivity contribution in [3.63, 3.8) is 0 Å². The fraction of sp³-hybridized carbons (Fsp3) is 0.370. The van der Waals surface area contributed by atoms with Crippen LogP contribution in [0.3, 0.4) is 0 Å². The number of rotatable bonds is 9. The summed E-state index contributed by atoms with van der Waals surface area (Å²) in [6.45, 7) is 0.457. The lowest BCUT2D eigenvalue weighted by Gasteiger charge is -2.23. The van der Waals surface area contributed by atoms with Crippen molar-refractivity contribution in [3.05, 3.63) is 77.9 Å². The van der Waals surface area contributed by atoms with E-state index in [0.717, 1.165) is 61.6 Å². The van der Waals surface area contributed by atoms with Gasteiger partial charge in [-0.2, -0.15) is 0 Å². The van der Waals surface area contributed by atoms with Crippen LogP contribution in [-0.2, 0) is 20.6 Å². The highest BCUT2D eigenvalue weighted by Gasteiger charge is 2.36. The maximum atomic E-state index is 12.5. The van der Waals surface area contributed by atoms with E-state index < -0.39 is 6.09 Å². The number of carbonyl (C=O) groups is 1. The smallest absolute Gasteiger partial charge is 0.417 e. The third-order valence-electron chi connectivity index (χ3n) is 6.35. The molecular weight excluding hydrogens is 446 g/mol. The number of amides is 1. The van der Waals surface area contributed by atoms with Gasteiger partial charge in [-0.15, -0.1) is 0 Å². The summed E-state index contributed by atoms with van der Waals surface area (Å²) in [5.41, 5.74) is 3.99. The third-order valence-corrected chi connectivity index (χ3v) is 6.35. The highest BCUT2D eigenvalue weighted by atomic mass is 16.6. The molecule has 5 rings (SSSR count). The van der Waals surface area contributed by atoms with Gasteiger partial charge in [0.1, 0.15) is 12.4 Å². The molecule has 0 spiro atoms. The predicted molar refractivity (Wildman–Crippen MR) is 130 cm³/mol. The van der Waals surface area contributed by atoms with Gasteiger partial charge in [0, 0.05) is 12.3 Å². The first-order valence-electron chi connectivity index (χ1n) is 12.1. The zero-order valence-electron chi connectivity index (χ0n) is 19.8. The molecule has 182 valence electrons. The third kappa shape index (κ3) is 5.31. The second kappa shape index (κ2) is 10.6. The molecular formula is C27H29N3O5. The number of methoxy groups -OCH3 is 1. The summed E-state index contributed by atoms with van der Waals surface area (Å²) in [5, 5.41) is 0. The summed E-state index contributed by atoms with van der Waals surface area (Å²) in [4.78, 5) is 22.9. The lowest BCUT2D eigenvalue weighted by Crippen LogP contribution is -2.27. The molecule has 2 aromatic heterocycles. The molecule has 1 fully saturated rings. The van der Waals surface area contributed by atoms with Crippen molar-refractivity contribution >= 4 is 17.1 Å². The molecule has 1 atom stereocenters. The minimum Gasteiger partial charge on any atom is -0.481 e. The van der Waals surface area contributed by atoms with Crippen LogP contribution in [0.1, 0.15) is 44.1 Å². The summed E-state index contributed by atoms with van der Waals surface area (Å²) >= 11 is 0. The van der Waals surface area contributed by atoms with E-state index >= 15 is 0 Å². The number of hydrogen-bond donors (Lipinski definition) is 0. The van der Waals surface area contributed by atoms with Crippen molar-refractivity contribution < 1.29 is 23.7 Å². The quantitative estimate of drug-likeness (QED) is 0.441. The molecule has 8 nitrogen and oxygen atoms in total. The zero-order chi connectivity index (χ0) is 24.0. The molecule has 2 aromatic rings. The van der Waals surface area contributed by atoms with E-state index in [2.05, 4.69) is 16.0 Å². The standard InChI is InChI=1S/C27H29N3O5/c1-32-24-13-12-22-26(29-24)20(14-15-28-22)10-6-3-7-11-21-16-30(27(31)34-21)25-18-33-17-23(35-25)19-8-4-2-5-9-19/h2,4,8,12-15,17-18,21H,3,5-7,9-11,16H2,1H3. The van der Waals surface area contributed by atoms with Crippen LogP contribution in [0, 0.1) is 0 Å². The summed E-state index contributed by atoms with van der Waals surface area (Å²) < 4.78 is 22.3. The molecule has 0 N–H and O–H groups in total. The summed E-state index contributed by atoms with van der Waals surface area (Å²) in [7, 11) is 1.62. The Morgan fingerprint density at radius 2 is 2.11 bits per heavy atom. The average Bonchev–Trinajstić information content (AvgIpc) is 3.29. The second-order valence-electron chi connectivity index (χ2n) is 8.74. The van der Waals surface area contributed by atoms with Gasteiger partial charge < -0.3 is 18.9 Å². The Bertz CT molecular complexity index is 1220. The first-order valence-corrected chi connectivity index (χ1v) is 12.1. The molecule has 1 saturated heterocycles. The van der Waals surface area contributed by atoms with Crippen LogP contribution in [0.25, 0.3) is 11.0 Å². The minimum absolute atomic E-state index is 0.161. The number of pyridine rings is 2. The van der Waals surface area contributed by atoms with Gasteiger partial charge >= 0.3 is 6.09 Å². The number of nitrogens with zero attached hydrogens (tertiary/aromatic N) is 3. The topological polar surface area (TPSA) is 83.0 Å².